The molecule has 0 unspecified atom stereocenters. The molecule has 5 heteroatoms. The molecule has 2 fully saturated rings. The van der Waals surface area contributed by atoms with Gasteiger partial charge in [0.05, 0.1) is 18.8 Å². The average molecular weight is 422 g/mol. The summed E-state index contributed by atoms with van der Waals surface area (Å²) in [6.07, 6.45) is 9.59. The monoisotopic (exact) mass is 421 g/mol. The highest BCUT2D eigenvalue weighted by Crippen LogP contribution is 2.32. The van der Waals surface area contributed by atoms with Crippen LogP contribution in [0.5, 0.6) is 5.75 Å². The van der Waals surface area contributed by atoms with Crippen molar-refractivity contribution in [1.29, 1.82) is 0 Å². The fraction of sp³-hybridized carbons (Fsp3) is 0.538. The minimum absolute atomic E-state index is 0.0123. The van der Waals surface area contributed by atoms with Crippen LogP contribution < -0.4 is 10.1 Å². The summed E-state index contributed by atoms with van der Waals surface area (Å²) in [5.41, 5.74) is 2.31. The van der Waals surface area contributed by atoms with Gasteiger partial charge in [-0.3, -0.25) is 14.7 Å². The number of benzene rings is 1. The van der Waals surface area contributed by atoms with E-state index in [9.17, 15) is 4.79 Å². The number of rotatable bonds is 8. The molecule has 1 N–H and O–H groups in total. The molecule has 2 aliphatic rings. The molecule has 0 radical (unpaired) electrons. The van der Waals surface area contributed by atoms with Crippen LogP contribution in [0.4, 0.5) is 0 Å². The fourth-order valence-electron chi connectivity index (χ4n) is 5.14. The Labute approximate surface area is 186 Å². The molecule has 1 amide bonds. The number of carbonyl (C=O) groups excluding carboxylic acids is 1. The summed E-state index contributed by atoms with van der Waals surface area (Å²) in [5, 5.41) is 3.37. The third-order valence-electron chi connectivity index (χ3n) is 6.94. The van der Waals surface area contributed by atoms with Crippen LogP contribution >= 0.6 is 0 Å². The third kappa shape index (κ3) is 6.07. The van der Waals surface area contributed by atoms with Crippen LogP contribution in [0, 0.1) is 11.8 Å². The molecule has 1 saturated heterocycles. The summed E-state index contributed by atoms with van der Waals surface area (Å²) < 4.78 is 5.26. The van der Waals surface area contributed by atoms with Crippen molar-refractivity contribution in [2.45, 2.75) is 57.5 Å². The van der Waals surface area contributed by atoms with Gasteiger partial charge in [0.2, 0.25) is 5.91 Å². The van der Waals surface area contributed by atoms with E-state index in [0.29, 0.717) is 18.3 Å². The van der Waals surface area contributed by atoms with E-state index in [4.69, 9.17) is 4.74 Å². The standard InChI is InChI=1S/C26H35N3O2/c1-31-23-11-9-21(10-12-23)19-29-16-13-22(14-17-29)26(24-8-4-5-15-27-24)28-25(30)18-20-6-2-3-7-20/h4-5,8-12,15,20,22,26H,2-3,6-7,13-14,16-19H2,1H3,(H,28,30)/t26-/m0/s1. The Balaban J connectivity index is 1.35. The SMILES string of the molecule is COc1ccc(CN2CCC([C@H](NC(=O)CC3CCCC3)c3ccccn3)CC2)cc1. The third-order valence-corrected chi connectivity index (χ3v) is 6.94. The van der Waals surface area contributed by atoms with E-state index in [1.807, 2.05) is 30.5 Å². The smallest absolute Gasteiger partial charge is 0.220 e. The topological polar surface area (TPSA) is 54.5 Å². The highest BCUT2D eigenvalue weighted by Gasteiger charge is 2.30. The zero-order valence-corrected chi connectivity index (χ0v) is 18.6. The quantitative estimate of drug-likeness (QED) is 0.669. The van der Waals surface area contributed by atoms with E-state index < -0.39 is 0 Å². The van der Waals surface area contributed by atoms with Crippen LogP contribution in [0.3, 0.4) is 0 Å². The van der Waals surface area contributed by atoms with Gasteiger partial charge in [-0.2, -0.15) is 0 Å². The second-order valence-corrected chi connectivity index (χ2v) is 9.12. The summed E-state index contributed by atoms with van der Waals surface area (Å²) in [7, 11) is 1.70. The number of amides is 1. The first-order chi connectivity index (χ1) is 15.2. The molecule has 1 saturated carbocycles. The number of methoxy groups -OCH3 is 1. The van der Waals surface area contributed by atoms with Crippen molar-refractivity contribution in [3.05, 3.63) is 59.9 Å². The van der Waals surface area contributed by atoms with Gasteiger partial charge in [-0.05, 0) is 80.4 Å². The first kappa shape index (κ1) is 21.8. The zero-order valence-electron chi connectivity index (χ0n) is 18.6. The Morgan fingerprint density at radius 3 is 2.48 bits per heavy atom. The Morgan fingerprint density at radius 1 is 1.10 bits per heavy atom. The number of nitrogens with zero attached hydrogens (tertiary/aromatic N) is 2. The van der Waals surface area contributed by atoms with E-state index in [1.54, 1.807) is 7.11 Å². The molecule has 31 heavy (non-hydrogen) atoms. The van der Waals surface area contributed by atoms with Crippen LogP contribution in [0.15, 0.2) is 48.7 Å². The van der Waals surface area contributed by atoms with Gasteiger partial charge in [0.1, 0.15) is 5.75 Å². The minimum atomic E-state index is 0.0123. The van der Waals surface area contributed by atoms with E-state index in [1.165, 1.54) is 31.2 Å². The molecule has 1 aliphatic carbocycles. The van der Waals surface area contributed by atoms with Crippen molar-refractivity contribution in [3.8, 4) is 5.75 Å². The van der Waals surface area contributed by atoms with Gasteiger partial charge < -0.3 is 10.1 Å². The Kier molecular flexibility index (Phi) is 7.57. The van der Waals surface area contributed by atoms with Gasteiger partial charge in [-0.15, -0.1) is 0 Å². The van der Waals surface area contributed by atoms with Gasteiger partial charge in [-0.25, -0.2) is 0 Å². The number of piperidine rings is 1. The maximum atomic E-state index is 12.8. The van der Waals surface area contributed by atoms with Crippen LogP contribution in [0.2, 0.25) is 0 Å². The van der Waals surface area contributed by atoms with Gasteiger partial charge >= 0.3 is 0 Å². The first-order valence-electron chi connectivity index (χ1n) is 11.8. The van der Waals surface area contributed by atoms with E-state index >= 15 is 0 Å². The van der Waals surface area contributed by atoms with Crippen LogP contribution in [-0.4, -0.2) is 36.0 Å². The molecule has 0 spiro atoms. The van der Waals surface area contributed by atoms with Gasteiger partial charge in [0, 0.05) is 19.2 Å². The molecule has 0 bridgehead atoms. The van der Waals surface area contributed by atoms with Crippen molar-refractivity contribution >= 4 is 5.91 Å². The van der Waals surface area contributed by atoms with Gasteiger partial charge in [-0.1, -0.05) is 31.0 Å². The number of likely N-dealkylation sites (tertiary alicyclic amines) is 1. The lowest BCUT2D eigenvalue weighted by Gasteiger charge is -2.36. The van der Waals surface area contributed by atoms with E-state index in [2.05, 4.69) is 33.4 Å². The van der Waals surface area contributed by atoms with Crippen molar-refractivity contribution in [2.24, 2.45) is 11.8 Å². The van der Waals surface area contributed by atoms with Crippen LogP contribution in [0.25, 0.3) is 0 Å². The Hall–Kier alpha value is -2.40. The average Bonchev–Trinajstić information content (AvgIpc) is 3.32. The van der Waals surface area contributed by atoms with Crippen LogP contribution in [0.1, 0.15) is 62.2 Å². The molecule has 5 nitrogen and oxygen atoms in total. The molecule has 1 atom stereocenters. The Bertz CT molecular complexity index is 810. The lowest BCUT2D eigenvalue weighted by molar-refractivity contribution is -0.123. The molecule has 4 rings (SSSR count). The number of pyridine rings is 1. The molecular weight excluding hydrogens is 386 g/mol. The second kappa shape index (κ2) is 10.8. The number of aromatic nitrogens is 1. The van der Waals surface area contributed by atoms with Gasteiger partial charge in [0.25, 0.3) is 0 Å². The zero-order chi connectivity index (χ0) is 21.5. The number of ether oxygens (including phenoxy) is 1. The number of hydrogen-bond donors (Lipinski definition) is 1. The van der Waals surface area contributed by atoms with Crippen molar-refractivity contribution in [2.75, 3.05) is 20.2 Å². The molecule has 2 aromatic rings. The summed E-state index contributed by atoms with van der Waals surface area (Å²) in [6, 6.07) is 14.4. The number of hydrogen-bond acceptors (Lipinski definition) is 4. The molecule has 1 aromatic heterocycles. The molecule has 166 valence electrons. The van der Waals surface area contributed by atoms with E-state index in [-0.39, 0.29) is 11.9 Å². The van der Waals surface area contributed by atoms with E-state index in [0.717, 1.165) is 43.9 Å². The summed E-state index contributed by atoms with van der Waals surface area (Å²) >= 11 is 0. The normalized spacial score (nSPS) is 19.3. The maximum absolute atomic E-state index is 12.8. The molecule has 1 aliphatic heterocycles. The maximum Gasteiger partial charge on any atom is 0.220 e. The van der Waals surface area contributed by atoms with Gasteiger partial charge in [0.15, 0.2) is 0 Å². The second-order valence-electron chi connectivity index (χ2n) is 9.12. The lowest BCUT2D eigenvalue weighted by atomic mass is 9.86. The highest BCUT2D eigenvalue weighted by molar-refractivity contribution is 5.76. The summed E-state index contributed by atoms with van der Waals surface area (Å²) in [4.78, 5) is 19.9. The van der Waals surface area contributed by atoms with Crippen molar-refractivity contribution in [1.82, 2.24) is 15.2 Å². The first-order valence-corrected chi connectivity index (χ1v) is 11.8. The van der Waals surface area contributed by atoms with Crippen molar-refractivity contribution in [3.63, 3.8) is 0 Å². The van der Waals surface area contributed by atoms with Crippen molar-refractivity contribution < 1.29 is 9.53 Å². The number of carbonyl (C=O) groups is 1. The predicted octanol–water partition coefficient (Wildman–Crippen LogP) is 4.74. The van der Waals surface area contributed by atoms with Crippen LogP contribution in [-0.2, 0) is 11.3 Å². The number of nitrogens with one attached hydrogen (secondary N) is 1. The molecular formula is C26H35N3O2. The highest BCUT2D eigenvalue weighted by atomic mass is 16.5. The summed E-state index contributed by atoms with van der Waals surface area (Å²) in [6.45, 7) is 3.04. The predicted molar refractivity (Wildman–Crippen MR) is 123 cm³/mol. The summed E-state index contributed by atoms with van der Waals surface area (Å²) in [5.74, 6) is 2.09. The lowest BCUT2D eigenvalue weighted by Crippen LogP contribution is -2.41. The minimum Gasteiger partial charge on any atom is -0.497 e. The Morgan fingerprint density at radius 2 is 1.84 bits per heavy atom. The molecule has 1 aromatic carbocycles. The largest absolute Gasteiger partial charge is 0.497 e. The molecule has 2 heterocycles. The fourth-order valence-corrected chi connectivity index (χ4v) is 5.14.